The number of piperidine rings is 1. The smallest absolute Gasteiger partial charge is 0.258 e. The molecule has 7 nitrogen and oxygen atoms in total. The number of thiazole rings is 1. The summed E-state index contributed by atoms with van der Waals surface area (Å²) in [5, 5.41) is 13.6. The van der Waals surface area contributed by atoms with Crippen molar-refractivity contribution in [2.45, 2.75) is 70.1 Å². The fraction of sp³-hybridized carbons (Fsp3) is 0.593. The first-order valence-corrected chi connectivity index (χ1v) is 14.0. The number of fused-ring (bicyclic) bond motifs is 4. The fourth-order valence-corrected chi connectivity index (χ4v) is 7.49. The summed E-state index contributed by atoms with van der Waals surface area (Å²) in [5.41, 5.74) is 2.94. The van der Waals surface area contributed by atoms with Crippen LogP contribution < -0.4 is 5.56 Å². The van der Waals surface area contributed by atoms with Crippen molar-refractivity contribution in [3.63, 3.8) is 0 Å². The highest BCUT2D eigenvalue weighted by Crippen LogP contribution is 2.50. The largest absolute Gasteiger partial charge is 0.396 e. The Hall–Kier alpha value is -2.29. The molecule has 5 heterocycles. The van der Waals surface area contributed by atoms with Gasteiger partial charge in [0.1, 0.15) is 5.01 Å². The number of aliphatic hydroxyl groups is 1. The standard InChI is InChI=1S/C27H34N4O3S/c32-17-20-22-15-31-21(10-9-19(26(31)33)18-7-3-1-4-8-18)25(30(22)16-23-28-11-14-35-23)24(20)27(34)29-12-5-2-6-13-29/h7,9-11,14,20,22,24-25,32H,1-6,8,12-13,15-17H2/t20-,22-,24+,25+/m0/s1. The highest BCUT2D eigenvalue weighted by atomic mass is 32.1. The molecule has 0 unspecified atom stereocenters. The third-order valence-corrected chi connectivity index (χ3v) is 9.33. The first-order chi connectivity index (χ1) is 17.2. The van der Waals surface area contributed by atoms with Gasteiger partial charge in [0.15, 0.2) is 0 Å². The minimum Gasteiger partial charge on any atom is -0.396 e. The maximum Gasteiger partial charge on any atom is 0.258 e. The topological polar surface area (TPSA) is 78.7 Å². The molecule has 1 amide bonds. The van der Waals surface area contributed by atoms with Gasteiger partial charge in [-0.3, -0.25) is 14.5 Å². The van der Waals surface area contributed by atoms with Crippen LogP contribution in [0, 0.1) is 11.8 Å². The van der Waals surface area contributed by atoms with Gasteiger partial charge in [-0.15, -0.1) is 11.3 Å². The summed E-state index contributed by atoms with van der Waals surface area (Å²) >= 11 is 1.61. The van der Waals surface area contributed by atoms with Gasteiger partial charge in [-0.25, -0.2) is 4.98 Å². The molecule has 4 atom stereocenters. The lowest BCUT2D eigenvalue weighted by Gasteiger charge is -2.38. The Morgan fingerprint density at radius 2 is 2.00 bits per heavy atom. The predicted octanol–water partition coefficient (Wildman–Crippen LogP) is 3.44. The van der Waals surface area contributed by atoms with Crippen LogP contribution in [0.4, 0.5) is 0 Å². The average Bonchev–Trinajstić information content (AvgIpc) is 3.48. The lowest BCUT2D eigenvalue weighted by atomic mass is 9.85. The Morgan fingerprint density at radius 1 is 1.14 bits per heavy atom. The molecule has 2 fully saturated rings. The second-order valence-corrected chi connectivity index (χ2v) is 11.4. The van der Waals surface area contributed by atoms with Crippen molar-refractivity contribution in [3.05, 3.63) is 56.4 Å². The third kappa shape index (κ3) is 3.99. The Bertz CT molecular complexity index is 1170. The van der Waals surface area contributed by atoms with Gasteiger partial charge >= 0.3 is 0 Å². The second kappa shape index (κ2) is 9.64. The number of pyridine rings is 1. The van der Waals surface area contributed by atoms with E-state index in [1.807, 2.05) is 27.1 Å². The molecule has 0 aromatic carbocycles. The van der Waals surface area contributed by atoms with Crippen molar-refractivity contribution >= 4 is 22.8 Å². The number of aromatic nitrogens is 2. The van der Waals surface area contributed by atoms with Gasteiger partial charge < -0.3 is 14.6 Å². The summed E-state index contributed by atoms with van der Waals surface area (Å²) in [4.78, 5) is 36.6. The zero-order chi connectivity index (χ0) is 23.9. The zero-order valence-corrected chi connectivity index (χ0v) is 21.0. The number of allylic oxidation sites excluding steroid dienone is 2. The molecule has 0 spiro atoms. The molecule has 3 aliphatic heterocycles. The van der Waals surface area contributed by atoms with E-state index in [9.17, 15) is 14.7 Å². The maximum absolute atomic E-state index is 13.9. The number of carbonyl (C=O) groups excluding carboxylic acids is 1. The summed E-state index contributed by atoms with van der Waals surface area (Å²) in [6.45, 7) is 2.66. The molecule has 35 heavy (non-hydrogen) atoms. The number of rotatable bonds is 5. The molecule has 8 heteroatoms. The Morgan fingerprint density at radius 3 is 2.71 bits per heavy atom. The van der Waals surface area contributed by atoms with Crippen LogP contribution in [0.3, 0.4) is 0 Å². The van der Waals surface area contributed by atoms with Crippen LogP contribution >= 0.6 is 11.3 Å². The van der Waals surface area contributed by atoms with E-state index >= 15 is 0 Å². The first kappa shape index (κ1) is 23.1. The lowest BCUT2D eigenvalue weighted by molar-refractivity contribution is -0.139. The lowest BCUT2D eigenvalue weighted by Crippen LogP contribution is -2.46. The van der Waals surface area contributed by atoms with E-state index in [1.165, 1.54) is 6.42 Å². The molecule has 4 aliphatic rings. The van der Waals surface area contributed by atoms with Crippen LogP contribution in [0.1, 0.15) is 67.3 Å². The van der Waals surface area contributed by atoms with Crippen molar-refractivity contribution < 1.29 is 9.90 Å². The number of hydrogen-bond acceptors (Lipinski definition) is 6. The normalized spacial score (nSPS) is 28.6. The van der Waals surface area contributed by atoms with E-state index in [4.69, 9.17) is 0 Å². The van der Waals surface area contributed by atoms with Gasteiger partial charge in [-0.05, 0) is 62.7 Å². The first-order valence-electron chi connectivity index (χ1n) is 13.1. The number of nitrogens with zero attached hydrogens (tertiary/aromatic N) is 4. The third-order valence-electron chi connectivity index (χ3n) is 8.56. The molecule has 6 rings (SSSR count). The minimum atomic E-state index is -0.351. The van der Waals surface area contributed by atoms with Crippen molar-refractivity contribution in [1.29, 1.82) is 0 Å². The van der Waals surface area contributed by atoms with Gasteiger partial charge in [0.2, 0.25) is 5.91 Å². The molecule has 0 radical (unpaired) electrons. The summed E-state index contributed by atoms with van der Waals surface area (Å²) < 4.78 is 1.92. The van der Waals surface area contributed by atoms with E-state index in [-0.39, 0.29) is 42.0 Å². The Balaban J connectivity index is 1.43. The molecule has 2 aromatic heterocycles. The van der Waals surface area contributed by atoms with E-state index in [2.05, 4.69) is 22.0 Å². The minimum absolute atomic E-state index is 0.0550. The number of carbonyl (C=O) groups is 1. The monoisotopic (exact) mass is 494 g/mol. The van der Waals surface area contributed by atoms with Crippen molar-refractivity contribution in [2.24, 2.45) is 11.8 Å². The Labute approximate surface area is 210 Å². The van der Waals surface area contributed by atoms with E-state index in [0.29, 0.717) is 13.1 Å². The quantitative estimate of drug-likeness (QED) is 0.689. The van der Waals surface area contributed by atoms with Gasteiger partial charge in [0, 0.05) is 61.0 Å². The summed E-state index contributed by atoms with van der Waals surface area (Å²) in [6, 6.07) is 3.76. The van der Waals surface area contributed by atoms with Crippen LogP contribution in [0.25, 0.3) is 5.57 Å². The fourth-order valence-electron chi connectivity index (χ4n) is 6.86. The highest BCUT2D eigenvalue weighted by Gasteiger charge is 2.56. The van der Waals surface area contributed by atoms with Crippen molar-refractivity contribution in [1.82, 2.24) is 19.4 Å². The average molecular weight is 495 g/mol. The van der Waals surface area contributed by atoms with Crippen molar-refractivity contribution in [3.8, 4) is 0 Å². The summed E-state index contributed by atoms with van der Waals surface area (Å²) in [5.74, 6) is -0.414. The number of aliphatic hydroxyl groups excluding tert-OH is 1. The second-order valence-electron chi connectivity index (χ2n) is 10.4. The van der Waals surface area contributed by atoms with E-state index < -0.39 is 0 Å². The number of likely N-dealkylation sites (tertiary alicyclic amines) is 1. The SMILES string of the molecule is O=C([C@@H]1[C@@H](CO)[C@@H]2Cn3c(ccc(C4=CCCCC4)c3=O)[C@H]1N2Cc1nccs1)N1CCCCC1. The van der Waals surface area contributed by atoms with E-state index in [0.717, 1.165) is 73.5 Å². The number of hydrogen-bond donors (Lipinski definition) is 1. The van der Waals surface area contributed by atoms with E-state index in [1.54, 1.807) is 11.3 Å². The molecule has 1 aliphatic carbocycles. The summed E-state index contributed by atoms with van der Waals surface area (Å²) in [7, 11) is 0. The zero-order valence-electron chi connectivity index (χ0n) is 20.1. The van der Waals surface area contributed by atoms with Crippen molar-refractivity contribution in [2.75, 3.05) is 19.7 Å². The van der Waals surface area contributed by atoms with Crippen LogP contribution in [0.5, 0.6) is 0 Å². The van der Waals surface area contributed by atoms with Crippen LogP contribution in [0.15, 0.2) is 34.6 Å². The molecular formula is C27H34N4O3S. The molecule has 2 bridgehead atoms. The molecule has 1 N–H and O–H groups in total. The molecule has 2 aromatic rings. The van der Waals surface area contributed by atoms with Gasteiger partial charge in [-0.1, -0.05) is 6.08 Å². The summed E-state index contributed by atoms with van der Waals surface area (Å²) in [6.07, 6.45) is 11.6. The van der Waals surface area contributed by atoms with Gasteiger partial charge in [0.05, 0.1) is 18.5 Å². The highest BCUT2D eigenvalue weighted by molar-refractivity contribution is 7.09. The predicted molar refractivity (Wildman–Crippen MR) is 136 cm³/mol. The Kier molecular flexibility index (Phi) is 6.37. The van der Waals surface area contributed by atoms with Gasteiger partial charge in [0.25, 0.3) is 5.56 Å². The van der Waals surface area contributed by atoms with Crippen LogP contribution in [-0.4, -0.2) is 56.1 Å². The number of amides is 1. The molecule has 0 saturated carbocycles. The van der Waals surface area contributed by atoms with Crippen LogP contribution in [-0.2, 0) is 17.9 Å². The van der Waals surface area contributed by atoms with Gasteiger partial charge in [-0.2, -0.15) is 0 Å². The molecule has 2 saturated heterocycles. The molecular weight excluding hydrogens is 460 g/mol. The molecule has 186 valence electrons. The van der Waals surface area contributed by atoms with Crippen LogP contribution in [0.2, 0.25) is 0 Å². The maximum atomic E-state index is 13.9.